The van der Waals surface area contributed by atoms with Crippen LogP contribution in [0.15, 0.2) is 18.2 Å². The molecular weight excluding hydrogens is 372 g/mol. The smallest absolute Gasteiger partial charge is 0.410 e. The Balaban J connectivity index is 2.29. The maximum atomic E-state index is 14.2. The second-order valence-electron chi connectivity index (χ2n) is 7.66. The first-order valence-electron chi connectivity index (χ1n) is 9.15. The molecule has 28 heavy (non-hydrogen) atoms. The van der Waals surface area contributed by atoms with Crippen molar-refractivity contribution < 1.29 is 32.6 Å². The van der Waals surface area contributed by atoms with E-state index in [0.717, 1.165) is 17.0 Å². The largest absolute Gasteiger partial charge is 0.466 e. The summed E-state index contributed by atoms with van der Waals surface area (Å²) in [5.41, 5.74) is -0.991. The topological polar surface area (TPSA) is 72.9 Å². The number of halogens is 2. The zero-order chi connectivity index (χ0) is 21.1. The van der Waals surface area contributed by atoms with Gasteiger partial charge >= 0.3 is 12.1 Å². The fraction of sp³-hybridized carbons (Fsp3) is 0.550. The number of esters is 1. The number of carbonyl (C=O) groups excluding carboxylic acids is 3. The van der Waals surface area contributed by atoms with Gasteiger partial charge in [0.15, 0.2) is 5.78 Å². The van der Waals surface area contributed by atoms with Crippen molar-refractivity contribution >= 4 is 17.8 Å². The summed E-state index contributed by atoms with van der Waals surface area (Å²) >= 11 is 0. The van der Waals surface area contributed by atoms with Crippen molar-refractivity contribution in [3.63, 3.8) is 0 Å². The van der Waals surface area contributed by atoms with Gasteiger partial charge in [-0.2, -0.15) is 0 Å². The highest BCUT2D eigenvalue weighted by Gasteiger charge is 2.43. The van der Waals surface area contributed by atoms with E-state index >= 15 is 0 Å². The first-order chi connectivity index (χ1) is 13.0. The van der Waals surface area contributed by atoms with Crippen LogP contribution in [0.1, 0.15) is 52.0 Å². The molecule has 1 fully saturated rings. The van der Waals surface area contributed by atoms with Gasteiger partial charge in [0.1, 0.15) is 23.7 Å². The highest BCUT2D eigenvalue weighted by Crippen LogP contribution is 2.36. The number of ether oxygens (including phenoxy) is 2. The van der Waals surface area contributed by atoms with Crippen molar-refractivity contribution in [2.45, 2.75) is 58.1 Å². The minimum atomic E-state index is -1.02. The van der Waals surface area contributed by atoms with Gasteiger partial charge in [-0.1, -0.05) is 6.07 Å². The summed E-state index contributed by atoms with van der Waals surface area (Å²) in [6, 6.07) is 2.48. The highest BCUT2D eigenvalue weighted by atomic mass is 19.1. The minimum Gasteiger partial charge on any atom is -0.466 e. The number of rotatable bonds is 5. The third kappa shape index (κ3) is 5.27. The monoisotopic (exact) mass is 397 g/mol. The van der Waals surface area contributed by atoms with Gasteiger partial charge in [-0.3, -0.25) is 14.5 Å². The lowest BCUT2D eigenvalue weighted by atomic mass is 9.93. The summed E-state index contributed by atoms with van der Waals surface area (Å²) in [7, 11) is 0. The fourth-order valence-electron chi connectivity index (χ4n) is 3.25. The quantitative estimate of drug-likeness (QED) is 0.561. The van der Waals surface area contributed by atoms with E-state index in [1.807, 2.05) is 0 Å². The number of nitrogens with zero attached hydrogens (tertiary/aromatic N) is 1. The maximum Gasteiger partial charge on any atom is 0.410 e. The summed E-state index contributed by atoms with van der Waals surface area (Å²) in [5.74, 6) is -3.48. The van der Waals surface area contributed by atoms with E-state index in [9.17, 15) is 23.2 Å². The van der Waals surface area contributed by atoms with E-state index in [1.165, 1.54) is 6.07 Å². The second-order valence-corrected chi connectivity index (χ2v) is 7.66. The molecule has 1 amide bonds. The third-order valence-electron chi connectivity index (χ3n) is 4.33. The molecule has 1 aromatic carbocycles. The zero-order valence-corrected chi connectivity index (χ0v) is 16.5. The molecule has 2 rings (SSSR count). The molecule has 0 bridgehead atoms. The minimum absolute atomic E-state index is 0.00463. The van der Waals surface area contributed by atoms with Crippen LogP contribution in [0.4, 0.5) is 13.6 Å². The molecule has 0 N–H and O–H groups in total. The van der Waals surface area contributed by atoms with Crippen LogP contribution in [0.3, 0.4) is 0 Å². The summed E-state index contributed by atoms with van der Waals surface area (Å²) in [4.78, 5) is 38.0. The lowest BCUT2D eigenvalue weighted by Gasteiger charge is -2.27. The average molecular weight is 397 g/mol. The van der Waals surface area contributed by atoms with Crippen LogP contribution < -0.4 is 0 Å². The Morgan fingerprint density at radius 1 is 1.18 bits per heavy atom. The van der Waals surface area contributed by atoms with E-state index in [-0.39, 0.29) is 25.1 Å². The van der Waals surface area contributed by atoms with E-state index in [4.69, 9.17) is 9.47 Å². The molecule has 8 heteroatoms. The number of ketones is 1. The Hall–Kier alpha value is -2.51. The molecule has 1 unspecified atom stereocenters. The second kappa shape index (κ2) is 8.67. The number of benzene rings is 1. The molecule has 1 aliphatic heterocycles. The van der Waals surface area contributed by atoms with Gasteiger partial charge in [-0.25, -0.2) is 13.6 Å². The van der Waals surface area contributed by atoms with E-state index in [1.54, 1.807) is 27.7 Å². The van der Waals surface area contributed by atoms with Crippen molar-refractivity contribution in [1.82, 2.24) is 4.90 Å². The van der Waals surface area contributed by atoms with Crippen LogP contribution in [0, 0.1) is 11.6 Å². The van der Waals surface area contributed by atoms with Crippen molar-refractivity contribution in [2.24, 2.45) is 0 Å². The van der Waals surface area contributed by atoms with Crippen molar-refractivity contribution in [3.05, 3.63) is 35.4 Å². The van der Waals surface area contributed by atoms with E-state index in [0.29, 0.717) is 0 Å². The standard InChI is InChI=1S/C20H25F2NO5/c1-5-27-17(25)10-16(24)15-9-12(18-13(21)7-6-8-14(18)22)11-23(15)19(26)28-20(2,3)4/h6-8,12,15H,5,9-11H2,1-4H3/t12-,15?/m0/s1. The number of hydrogen-bond donors (Lipinski definition) is 0. The van der Waals surface area contributed by atoms with Crippen LogP contribution in [0.5, 0.6) is 0 Å². The summed E-state index contributed by atoms with van der Waals surface area (Å²) in [5, 5.41) is 0. The van der Waals surface area contributed by atoms with Gasteiger partial charge in [-0.15, -0.1) is 0 Å². The lowest BCUT2D eigenvalue weighted by Crippen LogP contribution is -2.44. The van der Waals surface area contributed by atoms with E-state index < -0.39 is 53.5 Å². The van der Waals surface area contributed by atoms with Crippen molar-refractivity contribution in [3.8, 4) is 0 Å². The molecule has 0 spiro atoms. The van der Waals surface area contributed by atoms with Gasteiger partial charge in [0.25, 0.3) is 0 Å². The Morgan fingerprint density at radius 2 is 1.79 bits per heavy atom. The zero-order valence-electron chi connectivity index (χ0n) is 16.5. The van der Waals surface area contributed by atoms with Crippen molar-refractivity contribution in [1.29, 1.82) is 0 Å². The molecule has 1 saturated heterocycles. The van der Waals surface area contributed by atoms with Crippen LogP contribution in [-0.4, -0.2) is 47.5 Å². The van der Waals surface area contributed by atoms with Gasteiger partial charge in [0.2, 0.25) is 0 Å². The maximum absolute atomic E-state index is 14.2. The molecule has 0 aliphatic carbocycles. The van der Waals surface area contributed by atoms with Crippen molar-refractivity contribution in [2.75, 3.05) is 13.2 Å². The number of Topliss-reactive ketones (excluding diaryl/α,β-unsaturated/α-hetero) is 1. The van der Waals surface area contributed by atoms with Crippen LogP contribution in [0.2, 0.25) is 0 Å². The Kier molecular flexibility index (Phi) is 6.74. The fourth-order valence-corrected chi connectivity index (χ4v) is 3.25. The highest BCUT2D eigenvalue weighted by molar-refractivity contribution is 6.00. The third-order valence-corrected chi connectivity index (χ3v) is 4.33. The van der Waals surface area contributed by atoms with Crippen LogP contribution in [0.25, 0.3) is 0 Å². The molecule has 2 atom stereocenters. The number of likely N-dealkylation sites (tertiary alicyclic amines) is 1. The summed E-state index contributed by atoms with van der Waals surface area (Å²) in [6.07, 6.45) is -1.30. The van der Waals surface area contributed by atoms with Crippen LogP contribution >= 0.6 is 0 Å². The van der Waals surface area contributed by atoms with E-state index in [2.05, 4.69) is 0 Å². The van der Waals surface area contributed by atoms with Gasteiger partial charge in [0, 0.05) is 18.0 Å². The molecule has 1 aliphatic rings. The number of amides is 1. The molecule has 0 saturated carbocycles. The lowest BCUT2D eigenvalue weighted by molar-refractivity contribution is -0.146. The predicted octanol–water partition coefficient (Wildman–Crippen LogP) is 3.58. The first kappa shape index (κ1) is 21.8. The normalized spacial score (nSPS) is 19.4. The molecule has 6 nitrogen and oxygen atoms in total. The molecule has 1 aromatic rings. The Labute approximate surface area is 162 Å². The Morgan fingerprint density at radius 3 is 2.32 bits per heavy atom. The van der Waals surface area contributed by atoms with Crippen LogP contribution in [-0.2, 0) is 19.1 Å². The molecule has 0 radical (unpaired) electrons. The van der Waals surface area contributed by atoms with Gasteiger partial charge in [0.05, 0.1) is 12.6 Å². The Bertz CT molecular complexity index is 739. The van der Waals surface area contributed by atoms with Gasteiger partial charge < -0.3 is 9.47 Å². The van der Waals surface area contributed by atoms with Gasteiger partial charge in [-0.05, 0) is 46.2 Å². The number of carbonyl (C=O) groups is 3. The first-order valence-corrected chi connectivity index (χ1v) is 9.15. The predicted molar refractivity (Wildman–Crippen MR) is 96.7 cm³/mol. The average Bonchev–Trinajstić information content (AvgIpc) is 2.98. The number of hydrogen-bond acceptors (Lipinski definition) is 5. The summed E-state index contributed by atoms with van der Waals surface area (Å²) < 4.78 is 38.5. The molecule has 0 aromatic heterocycles. The molecule has 1 heterocycles. The molecule has 154 valence electrons. The SMILES string of the molecule is CCOC(=O)CC(=O)C1C[C@H](c2c(F)cccc2F)CN1C(=O)OC(C)(C)C. The molecular formula is C20H25F2NO5. The summed E-state index contributed by atoms with van der Waals surface area (Å²) in [6.45, 7) is 6.66.